The summed E-state index contributed by atoms with van der Waals surface area (Å²) in [5.74, 6) is 1.27. The fourth-order valence-electron chi connectivity index (χ4n) is 4.82. The number of aliphatic imine (C=N–C) groups is 1. The van der Waals surface area contributed by atoms with Crippen LogP contribution >= 0.6 is 11.8 Å². The van der Waals surface area contributed by atoms with Gasteiger partial charge in [-0.05, 0) is 48.7 Å². The fraction of sp³-hybridized carbons (Fsp3) is 0.258. The molecule has 3 aromatic carbocycles. The molecule has 2 aliphatic heterocycles. The highest BCUT2D eigenvalue weighted by Crippen LogP contribution is 2.43. The first kappa shape index (κ1) is 26.6. The van der Waals surface area contributed by atoms with E-state index in [9.17, 15) is 9.59 Å². The number of amides is 1. The Kier molecular flexibility index (Phi) is 8.32. The van der Waals surface area contributed by atoms with Crippen molar-refractivity contribution in [2.24, 2.45) is 4.99 Å². The predicted octanol–water partition coefficient (Wildman–Crippen LogP) is 5.70. The summed E-state index contributed by atoms with van der Waals surface area (Å²) in [5, 5.41) is 3.89. The van der Waals surface area contributed by atoms with Crippen molar-refractivity contribution in [1.82, 2.24) is 4.90 Å². The van der Waals surface area contributed by atoms with E-state index in [4.69, 9.17) is 14.5 Å². The van der Waals surface area contributed by atoms with Crippen molar-refractivity contribution >= 4 is 40.2 Å². The number of anilines is 1. The molecule has 8 heteroatoms. The van der Waals surface area contributed by atoms with E-state index in [0.717, 1.165) is 46.3 Å². The van der Waals surface area contributed by atoms with E-state index in [0.29, 0.717) is 17.0 Å². The molecule has 1 N–H and O–H groups in total. The highest BCUT2D eigenvalue weighted by molar-refractivity contribution is 8.13. The van der Waals surface area contributed by atoms with Crippen molar-refractivity contribution in [3.05, 3.63) is 101 Å². The van der Waals surface area contributed by atoms with Crippen molar-refractivity contribution in [2.75, 3.05) is 31.3 Å². The minimum Gasteiger partial charge on any atom is -0.497 e. The Morgan fingerprint density at radius 1 is 1.03 bits per heavy atom. The molecule has 1 saturated heterocycles. The number of hydrogen-bond donors (Lipinski definition) is 1. The second kappa shape index (κ2) is 12.2. The van der Waals surface area contributed by atoms with Crippen LogP contribution in [0.1, 0.15) is 36.1 Å². The minimum atomic E-state index is -0.364. The Balaban J connectivity index is 1.44. The molecule has 0 unspecified atom stereocenters. The number of methoxy groups -OCH3 is 1. The normalized spacial score (nSPS) is 16.7. The molecule has 5 rings (SSSR count). The lowest BCUT2D eigenvalue weighted by Crippen LogP contribution is -2.42. The summed E-state index contributed by atoms with van der Waals surface area (Å²) >= 11 is 1.71. The topological polar surface area (TPSA) is 80.2 Å². The van der Waals surface area contributed by atoms with Gasteiger partial charge >= 0.3 is 5.97 Å². The summed E-state index contributed by atoms with van der Waals surface area (Å²) in [6.07, 6.45) is 1.26. The number of benzene rings is 3. The first-order chi connectivity index (χ1) is 19.1. The third-order valence-electron chi connectivity index (χ3n) is 6.64. The van der Waals surface area contributed by atoms with Gasteiger partial charge in [0, 0.05) is 23.5 Å². The van der Waals surface area contributed by atoms with Gasteiger partial charge in [0.25, 0.3) is 0 Å². The lowest BCUT2D eigenvalue weighted by atomic mass is 9.91. The molecule has 0 aliphatic carbocycles. The van der Waals surface area contributed by atoms with Gasteiger partial charge in [0.2, 0.25) is 5.91 Å². The second-order valence-corrected chi connectivity index (χ2v) is 10.3. The van der Waals surface area contributed by atoms with Crippen LogP contribution in [0.2, 0.25) is 0 Å². The van der Waals surface area contributed by atoms with Crippen LogP contribution in [-0.4, -0.2) is 48.0 Å². The summed E-state index contributed by atoms with van der Waals surface area (Å²) in [5.41, 5.74) is 4.60. The Hall–Kier alpha value is -4.04. The van der Waals surface area contributed by atoms with Crippen molar-refractivity contribution < 1.29 is 19.1 Å². The predicted molar refractivity (Wildman–Crippen MR) is 156 cm³/mol. The van der Waals surface area contributed by atoms with E-state index in [1.807, 2.05) is 85.8 Å². The second-order valence-electron chi connectivity index (χ2n) is 9.24. The molecule has 0 spiro atoms. The molecule has 2 heterocycles. The Labute approximate surface area is 232 Å². The van der Waals surface area contributed by atoms with Crippen molar-refractivity contribution in [1.29, 1.82) is 0 Å². The summed E-state index contributed by atoms with van der Waals surface area (Å²) in [6, 6.07) is 24.6. The SMILES string of the molecule is CCOC(=O)C1=C(c2ccccc2)N=C2SCCCN2[C@H]1c1ccc(NC(=O)Cc2ccc(OC)cc2)cc1. The van der Waals surface area contributed by atoms with E-state index >= 15 is 0 Å². The first-order valence-electron chi connectivity index (χ1n) is 13.0. The molecular weight excluding hydrogens is 510 g/mol. The summed E-state index contributed by atoms with van der Waals surface area (Å²) in [6.45, 7) is 2.89. The number of esters is 1. The molecule has 0 bridgehead atoms. The standard InChI is InChI=1S/C31H31N3O4S/c1-3-38-30(36)27-28(22-8-5-4-6-9-22)33-31-34(18-7-19-39-31)29(27)23-12-14-24(15-13-23)32-26(35)20-21-10-16-25(37-2)17-11-21/h4-6,8-17,29H,3,7,18-20H2,1-2H3,(H,32,35)/t29-/m0/s1. The number of ether oxygens (including phenoxy) is 2. The average molecular weight is 542 g/mol. The van der Waals surface area contributed by atoms with Gasteiger partial charge < -0.3 is 19.7 Å². The van der Waals surface area contributed by atoms with E-state index < -0.39 is 0 Å². The molecule has 1 atom stereocenters. The maximum Gasteiger partial charge on any atom is 0.338 e. The quantitative estimate of drug-likeness (QED) is 0.369. The zero-order valence-corrected chi connectivity index (χ0v) is 22.9. The van der Waals surface area contributed by atoms with Crippen LogP contribution in [0, 0.1) is 0 Å². The number of amidine groups is 1. The van der Waals surface area contributed by atoms with Crippen molar-refractivity contribution in [3.63, 3.8) is 0 Å². The molecule has 0 radical (unpaired) electrons. The maximum absolute atomic E-state index is 13.4. The van der Waals surface area contributed by atoms with Crippen molar-refractivity contribution in [3.8, 4) is 5.75 Å². The molecule has 0 aromatic heterocycles. The van der Waals surface area contributed by atoms with Crippen LogP contribution in [0.4, 0.5) is 5.69 Å². The minimum absolute atomic E-state index is 0.106. The van der Waals surface area contributed by atoms with Crippen LogP contribution in [0.3, 0.4) is 0 Å². The van der Waals surface area contributed by atoms with Crippen LogP contribution < -0.4 is 10.1 Å². The monoisotopic (exact) mass is 541 g/mol. The lowest BCUT2D eigenvalue weighted by molar-refractivity contribution is -0.139. The molecule has 0 saturated carbocycles. The maximum atomic E-state index is 13.4. The molecule has 39 heavy (non-hydrogen) atoms. The van der Waals surface area contributed by atoms with Gasteiger partial charge in [0.15, 0.2) is 5.17 Å². The van der Waals surface area contributed by atoms with Crippen LogP contribution in [0.15, 0.2) is 89.4 Å². The number of nitrogens with zero attached hydrogens (tertiary/aromatic N) is 2. The Morgan fingerprint density at radius 2 is 1.77 bits per heavy atom. The molecular formula is C31H31N3O4S. The number of hydrogen-bond acceptors (Lipinski definition) is 7. The lowest BCUT2D eigenvalue weighted by Gasteiger charge is -2.41. The zero-order valence-electron chi connectivity index (χ0n) is 22.1. The number of thioether (sulfide) groups is 1. The van der Waals surface area contributed by atoms with E-state index in [2.05, 4.69) is 10.2 Å². The van der Waals surface area contributed by atoms with Crippen LogP contribution in [-0.2, 0) is 20.7 Å². The van der Waals surface area contributed by atoms with Gasteiger partial charge in [0.1, 0.15) is 5.75 Å². The number of nitrogens with one attached hydrogen (secondary N) is 1. The molecule has 3 aromatic rings. The molecule has 2 aliphatic rings. The molecule has 7 nitrogen and oxygen atoms in total. The highest BCUT2D eigenvalue weighted by atomic mass is 32.2. The fourth-order valence-corrected chi connectivity index (χ4v) is 5.79. The third kappa shape index (κ3) is 6.01. The van der Waals surface area contributed by atoms with Gasteiger partial charge in [-0.3, -0.25) is 4.79 Å². The van der Waals surface area contributed by atoms with Gasteiger partial charge in [-0.15, -0.1) is 0 Å². The number of carbonyl (C=O) groups excluding carboxylic acids is 2. The van der Waals surface area contributed by atoms with Gasteiger partial charge in [-0.25, -0.2) is 9.79 Å². The third-order valence-corrected chi connectivity index (χ3v) is 7.72. The van der Waals surface area contributed by atoms with Crippen LogP contribution in [0.25, 0.3) is 5.70 Å². The van der Waals surface area contributed by atoms with E-state index in [1.54, 1.807) is 18.9 Å². The number of fused-ring (bicyclic) bond motifs is 1. The van der Waals surface area contributed by atoms with E-state index in [1.165, 1.54) is 0 Å². The van der Waals surface area contributed by atoms with Crippen LogP contribution in [0.5, 0.6) is 5.75 Å². The average Bonchev–Trinajstić information content (AvgIpc) is 2.97. The largest absolute Gasteiger partial charge is 0.497 e. The first-order valence-corrected chi connectivity index (χ1v) is 14.0. The van der Waals surface area contributed by atoms with E-state index in [-0.39, 0.29) is 30.9 Å². The van der Waals surface area contributed by atoms with Crippen molar-refractivity contribution in [2.45, 2.75) is 25.8 Å². The highest BCUT2D eigenvalue weighted by Gasteiger charge is 2.39. The Bertz CT molecular complexity index is 1390. The molecule has 1 amide bonds. The van der Waals surface area contributed by atoms with Gasteiger partial charge in [-0.1, -0.05) is 66.4 Å². The van der Waals surface area contributed by atoms with Gasteiger partial charge in [0.05, 0.1) is 37.4 Å². The Morgan fingerprint density at radius 3 is 2.46 bits per heavy atom. The zero-order chi connectivity index (χ0) is 27.2. The summed E-state index contributed by atoms with van der Waals surface area (Å²) in [7, 11) is 1.62. The van der Waals surface area contributed by atoms with Gasteiger partial charge in [-0.2, -0.15) is 0 Å². The number of rotatable bonds is 8. The molecule has 1 fully saturated rings. The smallest absolute Gasteiger partial charge is 0.338 e. The number of carbonyl (C=O) groups is 2. The summed E-state index contributed by atoms with van der Waals surface area (Å²) in [4.78, 5) is 33.3. The summed E-state index contributed by atoms with van der Waals surface area (Å²) < 4.78 is 10.7. The molecule has 200 valence electrons.